The van der Waals surface area contributed by atoms with Crippen molar-refractivity contribution in [3.63, 3.8) is 0 Å². The molecule has 1 aliphatic rings. The van der Waals surface area contributed by atoms with Gasteiger partial charge in [-0.15, -0.1) is 0 Å². The molecule has 0 amide bonds. The minimum absolute atomic E-state index is 0.369. The van der Waals surface area contributed by atoms with Crippen molar-refractivity contribution < 1.29 is 0 Å². The molecular formula is C19H30. The largest absolute Gasteiger partial charge is 0.0620 e. The van der Waals surface area contributed by atoms with Crippen LogP contribution < -0.4 is 0 Å². The van der Waals surface area contributed by atoms with Gasteiger partial charge in [0, 0.05) is 0 Å². The Morgan fingerprint density at radius 1 is 0.895 bits per heavy atom. The van der Waals surface area contributed by atoms with E-state index in [1.807, 2.05) is 0 Å². The van der Waals surface area contributed by atoms with Gasteiger partial charge in [0.15, 0.2) is 0 Å². The van der Waals surface area contributed by atoms with E-state index in [0.29, 0.717) is 16.2 Å². The summed E-state index contributed by atoms with van der Waals surface area (Å²) < 4.78 is 0. The summed E-state index contributed by atoms with van der Waals surface area (Å²) >= 11 is 0. The summed E-state index contributed by atoms with van der Waals surface area (Å²) in [5.41, 5.74) is 4.50. The van der Waals surface area contributed by atoms with Crippen molar-refractivity contribution in [1.82, 2.24) is 0 Å². The Balaban J connectivity index is 2.30. The van der Waals surface area contributed by atoms with Crippen LogP contribution in [0, 0.1) is 10.8 Å². The van der Waals surface area contributed by atoms with Gasteiger partial charge >= 0.3 is 0 Å². The molecule has 0 heteroatoms. The fourth-order valence-corrected chi connectivity index (χ4v) is 3.47. The molecule has 0 unspecified atom stereocenters. The molecule has 0 radical (unpaired) electrons. The maximum absolute atomic E-state index is 2.39. The van der Waals surface area contributed by atoms with E-state index in [4.69, 9.17) is 0 Å². The summed E-state index contributed by atoms with van der Waals surface area (Å²) in [6.07, 6.45) is 5.27. The van der Waals surface area contributed by atoms with Gasteiger partial charge < -0.3 is 0 Å². The minimum Gasteiger partial charge on any atom is -0.0620 e. The first kappa shape index (κ1) is 14.6. The summed E-state index contributed by atoms with van der Waals surface area (Å²) in [5, 5.41) is 0. The first-order valence-electron chi connectivity index (χ1n) is 7.70. The molecule has 1 aromatic carbocycles. The average molecular weight is 258 g/mol. The monoisotopic (exact) mass is 258 g/mol. The van der Waals surface area contributed by atoms with Gasteiger partial charge in [-0.3, -0.25) is 0 Å². The van der Waals surface area contributed by atoms with Gasteiger partial charge in [-0.1, -0.05) is 65.8 Å². The molecule has 1 fully saturated rings. The summed E-state index contributed by atoms with van der Waals surface area (Å²) in [7, 11) is 0. The van der Waals surface area contributed by atoms with Crippen LogP contribution >= 0.6 is 0 Å². The van der Waals surface area contributed by atoms with E-state index in [9.17, 15) is 0 Å². The molecule has 0 heterocycles. The maximum Gasteiger partial charge on any atom is -0.00386 e. The van der Waals surface area contributed by atoms with E-state index >= 15 is 0 Å². The highest BCUT2D eigenvalue weighted by Gasteiger charge is 2.47. The number of benzene rings is 1. The van der Waals surface area contributed by atoms with Crippen LogP contribution in [0.2, 0.25) is 0 Å². The van der Waals surface area contributed by atoms with Crippen LogP contribution in [0.1, 0.15) is 71.9 Å². The Kier molecular flexibility index (Phi) is 3.58. The fourth-order valence-electron chi connectivity index (χ4n) is 3.47. The van der Waals surface area contributed by atoms with E-state index in [0.717, 1.165) is 0 Å². The molecule has 106 valence electrons. The molecule has 0 bridgehead atoms. The van der Waals surface area contributed by atoms with Gasteiger partial charge in [-0.2, -0.15) is 0 Å². The van der Waals surface area contributed by atoms with Crippen LogP contribution in [-0.2, 0) is 11.8 Å². The molecular weight excluding hydrogens is 228 g/mol. The van der Waals surface area contributed by atoms with E-state index in [1.54, 1.807) is 11.1 Å². The lowest BCUT2D eigenvalue weighted by Gasteiger charge is -2.29. The summed E-state index contributed by atoms with van der Waals surface area (Å²) in [6.45, 7) is 14.1. The zero-order valence-corrected chi connectivity index (χ0v) is 13.6. The van der Waals surface area contributed by atoms with Crippen molar-refractivity contribution in [2.45, 2.75) is 72.6 Å². The lowest BCUT2D eigenvalue weighted by Crippen LogP contribution is -2.20. The second-order valence-electron chi connectivity index (χ2n) is 8.91. The zero-order valence-electron chi connectivity index (χ0n) is 13.6. The fraction of sp³-hybridized carbons (Fsp3) is 0.684. The normalized spacial score (nSPS) is 18.4. The van der Waals surface area contributed by atoms with Gasteiger partial charge in [0.1, 0.15) is 0 Å². The van der Waals surface area contributed by atoms with Crippen LogP contribution in [0.3, 0.4) is 0 Å². The predicted molar refractivity (Wildman–Crippen MR) is 84.6 cm³/mol. The summed E-state index contributed by atoms with van der Waals surface area (Å²) in [5.74, 6) is 0. The Morgan fingerprint density at radius 3 is 1.95 bits per heavy atom. The highest BCUT2D eigenvalue weighted by atomic mass is 14.5. The molecule has 0 saturated heterocycles. The van der Waals surface area contributed by atoms with Gasteiger partial charge in [-0.25, -0.2) is 0 Å². The first-order chi connectivity index (χ1) is 8.61. The minimum atomic E-state index is 0.369. The third-order valence-corrected chi connectivity index (χ3v) is 4.03. The van der Waals surface area contributed by atoms with Gasteiger partial charge in [0.25, 0.3) is 0 Å². The molecule has 1 saturated carbocycles. The van der Waals surface area contributed by atoms with Crippen molar-refractivity contribution in [2.24, 2.45) is 10.8 Å². The Hall–Kier alpha value is -0.780. The number of hydrogen-bond acceptors (Lipinski definition) is 0. The van der Waals surface area contributed by atoms with Gasteiger partial charge in [0.05, 0.1) is 0 Å². The third kappa shape index (κ3) is 3.84. The van der Waals surface area contributed by atoms with Gasteiger partial charge in [-0.05, 0) is 53.1 Å². The van der Waals surface area contributed by atoms with Crippen molar-refractivity contribution in [3.05, 3.63) is 35.4 Å². The molecule has 0 N–H and O–H groups in total. The third-order valence-electron chi connectivity index (χ3n) is 4.03. The highest BCUT2D eigenvalue weighted by Crippen LogP contribution is 2.56. The van der Waals surface area contributed by atoms with E-state index in [2.05, 4.69) is 65.8 Å². The number of rotatable bonds is 3. The average Bonchev–Trinajstić information content (AvgIpc) is 2.94. The van der Waals surface area contributed by atoms with Crippen molar-refractivity contribution in [2.75, 3.05) is 0 Å². The zero-order chi connectivity index (χ0) is 14.3. The SMILES string of the molecule is CC(C)(C)Cc1ccccc1C1(CC(C)(C)C)CC1. The Bertz CT molecular complexity index is 436. The Labute approximate surface area is 119 Å². The topological polar surface area (TPSA) is 0 Å². The Morgan fingerprint density at radius 2 is 1.47 bits per heavy atom. The van der Waals surface area contributed by atoms with Crippen molar-refractivity contribution in [3.8, 4) is 0 Å². The number of hydrogen-bond donors (Lipinski definition) is 0. The van der Waals surface area contributed by atoms with E-state index < -0.39 is 0 Å². The lowest BCUT2D eigenvalue weighted by molar-refractivity contribution is 0.326. The first-order valence-corrected chi connectivity index (χ1v) is 7.70. The molecule has 19 heavy (non-hydrogen) atoms. The highest BCUT2D eigenvalue weighted by molar-refractivity contribution is 5.39. The van der Waals surface area contributed by atoms with E-state index in [-0.39, 0.29) is 0 Å². The lowest BCUT2D eigenvalue weighted by atomic mass is 9.75. The molecule has 1 aromatic rings. The van der Waals surface area contributed by atoms with Crippen LogP contribution in [0.4, 0.5) is 0 Å². The van der Waals surface area contributed by atoms with Crippen molar-refractivity contribution >= 4 is 0 Å². The maximum atomic E-state index is 2.39. The predicted octanol–water partition coefficient (Wildman–Crippen LogP) is 5.74. The second-order valence-corrected chi connectivity index (χ2v) is 8.91. The van der Waals surface area contributed by atoms with E-state index in [1.165, 1.54) is 25.7 Å². The molecule has 0 atom stereocenters. The van der Waals surface area contributed by atoms with Gasteiger partial charge in [0.2, 0.25) is 0 Å². The molecule has 0 aliphatic heterocycles. The van der Waals surface area contributed by atoms with Crippen LogP contribution in [0.25, 0.3) is 0 Å². The van der Waals surface area contributed by atoms with Crippen molar-refractivity contribution in [1.29, 1.82) is 0 Å². The molecule has 0 nitrogen and oxygen atoms in total. The smallest absolute Gasteiger partial charge is 0.00386 e. The molecule has 0 aromatic heterocycles. The molecule has 2 rings (SSSR count). The van der Waals surface area contributed by atoms with Crippen LogP contribution in [0.5, 0.6) is 0 Å². The summed E-state index contributed by atoms with van der Waals surface area (Å²) in [6, 6.07) is 9.17. The molecule has 1 aliphatic carbocycles. The summed E-state index contributed by atoms with van der Waals surface area (Å²) in [4.78, 5) is 0. The second kappa shape index (κ2) is 4.65. The standard InChI is InChI=1S/C19H30/c1-17(2,3)13-15-9-7-8-10-16(15)19(11-12-19)14-18(4,5)6/h7-10H,11-14H2,1-6H3. The molecule has 0 spiro atoms. The van der Waals surface area contributed by atoms with Crippen LogP contribution in [0.15, 0.2) is 24.3 Å². The quantitative estimate of drug-likeness (QED) is 0.648. The van der Waals surface area contributed by atoms with Crippen LogP contribution in [-0.4, -0.2) is 0 Å².